The van der Waals surface area contributed by atoms with Gasteiger partial charge in [0.2, 0.25) is 0 Å². The first-order valence-electron chi connectivity index (χ1n) is 23.7. The summed E-state index contributed by atoms with van der Waals surface area (Å²) < 4.78 is 2.24. The van der Waals surface area contributed by atoms with Crippen molar-refractivity contribution in [1.29, 1.82) is 0 Å². The van der Waals surface area contributed by atoms with E-state index in [1.807, 2.05) is 0 Å². The van der Waals surface area contributed by atoms with E-state index in [4.69, 9.17) is 5.10 Å². The second kappa shape index (κ2) is 16.7. The zero-order valence-electron chi connectivity index (χ0n) is 37.8. The molecule has 3 heteroatoms. The maximum Gasteiger partial charge on any atom is 0.101 e. The van der Waals surface area contributed by atoms with E-state index in [0.717, 1.165) is 72.6 Å². The summed E-state index contributed by atoms with van der Waals surface area (Å²) in [6.45, 7) is 0. The molecule has 13 rings (SSSR count). The van der Waals surface area contributed by atoms with Crippen LogP contribution in [-0.2, 0) is 5.41 Å². The van der Waals surface area contributed by atoms with Gasteiger partial charge in [-0.05, 0) is 74.3 Å². The highest BCUT2D eigenvalue weighted by Gasteiger charge is 2.46. The van der Waals surface area contributed by atoms with Crippen molar-refractivity contribution in [3.63, 3.8) is 0 Å². The van der Waals surface area contributed by atoms with Crippen molar-refractivity contribution in [3.8, 4) is 55.9 Å². The quantitative estimate of drug-likeness (QED) is 0.144. The topological polar surface area (TPSA) is 20.5 Å². The summed E-state index contributed by atoms with van der Waals surface area (Å²) in [6.07, 6.45) is 0. The van der Waals surface area contributed by atoms with Gasteiger partial charge in [0.05, 0.1) is 22.3 Å². The zero-order valence-corrected chi connectivity index (χ0v) is 37.8. The Hall–Kier alpha value is -9.05. The molecule has 2 heterocycles. The Kier molecular flexibility index (Phi) is 9.73. The minimum absolute atomic E-state index is 0.585. The van der Waals surface area contributed by atoms with E-state index in [-0.39, 0.29) is 0 Å². The zero-order chi connectivity index (χ0) is 45.7. The molecular weight excluding hydrogens is 835 g/mol. The lowest BCUT2D eigenvalue weighted by molar-refractivity contribution is 0.768. The monoisotopic (exact) mass is 879 g/mol. The first kappa shape index (κ1) is 40.2. The highest BCUT2D eigenvalue weighted by Crippen LogP contribution is 2.58. The number of rotatable bonds is 9. The fourth-order valence-electron chi connectivity index (χ4n) is 11.1. The SMILES string of the molecule is c1ccc(-c2ccc(N(c3ccc4c(c3)C(c3ccccc3)(c3ccccc3)c3ccccc3-4)c3c(-c4ccccc4)n4nc(-c5ccccc5)c(-c5ccccc5)c4c4ccccc34)cc2)cc1. The Bertz CT molecular complexity index is 3750. The van der Waals surface area contributed by atoms with Crippen LogP contribution in [0.25, 0.3) is 72.2 Å². The van der Waals surface area contributed by atoms with Gasteiger partial charge in [-0.2, -0.15) is 5.10 Å². The van der Waals surface area contributed by atoms with Crippen LogP contribution in [0.2, 0.25) is 0 Å². The Morgan fingerprint density at radius 3 is 1.43 bits per heavy atom. The van der Waals surface area contributed by atoms with Crippen molar-refractivity contribution < 1.29 is 0 Å². The maximum atomic E-state index is 5.75. The molecule has 0 atom stereocenters. The summed E-state index contributed by atoms with van der Waals surface area (Å²) >= 11 is 0. The molecule has 324 valence electrons. The fourth-order valence-corrected chi connectivity index (χ4v) is 11.1. The second-order valence-electron chi connectivity index (χ2n) is 17.8. The summed E-state index contributed by atoms with van der Waals surface area (Å²) in [7, 11) is 0. The normalized spacial score (nSPS) is 12.5. The van der Waals surface area contributed by atoms with Crippen LogP contribution in [-0.4, -0.2) is 9.61 Å². The van der Waals surface area contributed by atoms with Crippen LogP contribution in [0.5, 0.6) is 0 Å². The molecule has 0 radical (unpaired) electrons. The molecule has 0 saturated carbocycles. The average Bonchev–Trinajstić information content (AvgIpc) is 3.98. The molecule has 0 fully saturated rings. The Morgan fingerprint density at radius 1 is 0.348 bits per heavy atom. The average molecular weight is 880 g/mol. The molecule has 10 aromatic carbocycles. The predicted molar refractivity (Wildman–Crippen MR) is 286 cm³/mol. The van der Waals surface area contributed by atoms with E-state index < -0.39 is 5.41 Å². The smallest absolute Gasteiger partial charge is 0.101 e. The highest BCUT2D eigenvalue weighted by atomic mass is 15.3. The second-order valence-corrected chi connectivity index (χ2v) is 17.8. The molecule has 1 aliphatic rings. The number of hydrogen-bond acceptors (Lipinski definition) is 2. The summed E-state index contributed by atoms with van der Waals surface area (Å²) in [5.41, 5.74) is 19.7. The molecular formula is C66H45N3. The van der Waals surface area contributed by atoms with Gasteiger partial charge in [0, 0.05) is 38.8 Å². The number of fused-ring (bicyclic) bond motifs is 6. The fraction of sp³-hybridized carbons (Fsp3) is 0.0152. The first-order valence-corrected chi connectivity index (χ1v) is 23.7. The number of benzene rings is 10. The van der Waals surface area contributed by atoms with E-state index in [0.29, 0.717) is 0 Å². The van der Waals surface area contributed by atoms with Crippen LogP contribution >= 0.6 is 0 Å². The third-order valence-corrected chi connectivity index (χ3v) is 14.1. The Morgan fingerprint density at radius 2 is 0.812 bits per heavy atom. The molecule has 12 aromatic rings. The van der Waals surface area contributed by atoms with Crippen molar-refractivity contribution in [3.05, 3.63) is 295 Å². The van der Waals surface area contributed by atoms with Crippen LogP contribution in [0.3, 0.4) is 0 Å². The molecule has 0 saturated heterocycles. The van der Waals surface area contributed by atoms with Crippen LogP contribution in [0.4, 0.5) is 17.1 Å². The van der Waals surface area contributed by atoms with Crippen molar-refractivity contribution in [2.75, 3.05) is 4.90 Å². The molecule has 1 aliphatic carbocycles. The molecule has 0 amide bonds. The number of anilines is 3. The summed E-state index contributed by atoms with van der Waals surface area (Å²) in [5, 5.41) is 7.98. The van der Waals surface area contributed by atoms with E-state index in [9.17, 15) is 0 Å². The van der Waals surface area contributed by atoms with Gasteiger partial charge in [0.15, 0.2) is 0 Å². The third kappa shape index (κ3) is 6.47. The summed E-state index contributed by atoms with van der Waals surface area (Å²) in [6, 6.07) is 99.2. The summed E-state index contributed by atoms with van der Waals surface area (Å²) in [4.78, 5) is 2.49. The van der Waals surface area contributed by atoms with Gasteiger partial charge in [0.1, 0.15) is 5.69 Å². The molecule has 0 unspecified atom stereocenters. The van der Waals surface area contributed by atoms with Gasteiger partial charge < -0.3 is 4.90 Å². The van der Waals surface area contributed by atoms with Crippen molar-refractivity contribution in [1.82, 2.24) is 9.61 Å². The first-order chi connectivity index (χ1) is 34.3. The van der Waals surface area contributed by atoms with Crippen LogP contribution in [0.15, 0.2) is 273 Å². The molecule has 0 spiro atoms. The highest BCUT2D eigenvalue weighted by molar-refractivity contribution is 6.16. The van der Waals surface area contributed by atoms with Gasteiger partial charge in [-0.3, -0.25) is 0 Å². The minimum Gasteiger partial charge on any atom is -0.308 e. The van der Waals surface area contributed by atoms with Gasteiger partial charge >= 0.3 is 0 Å². The van der Waals surface area contributed by atoms with Gasteiger partial charge in [0.25, 0.3) is 0 Å². The van der Waals surface area contributed by atoms with Crippen molar-refractivity contribution >= 4 is 33.4 Å². The van der Waals surface area contributed by atoms with Crippen molar-refractivity contribution in [2.45, 2.75) is 5.41 Å². The predicted octanol–water partition coefficient (Wildman–Crippen LogP) is 17.0. The Balaban J connectivity index is 1.17. The maximum absolute atomic E-state index is 5.75. The van der Waals surface area contributed by atoms with E-state index in [1.54, 1.807) is 0 Å². The van der Waals surface area contributed by atoms with E-state index in [1.165, 1.54) is 38.9 Å². The van der Waals surface area contributed by atoms with Crippen LogP contribution < -0.4 is 4.90 Å². The summed E-state index contributed by atoms with van der Waals surface area (Å²) in [5.74, 6) is 0. The van der Waals surface area contributed by atoms with Gasteiger partial charge in [-0.1, -0.05) is 249 Å². The molecule has 3 nitrogen and oxygen atoms in total. The van der Waals surface area contributed by atoms with Crippen molar-refractivity contribution in [2.24, 2.45) is 0 Å². The third-order valence-electron chi connectivity index (χ3n) is 14.1. The number of hydrogen-bond donors (Lipinski definition) is 0. The largest absolute Gasteiger partial charge is 0.308 e. The molecule has 0 aliphatic heterocycles. The van der Waals surface area contributed by atoms with Gasteiger partial charge in [-0.25, -0.2) is 4.52 Å². The lowest BCUT2D eigenvalue weighted by Crippen LogP contribution is -2.28. The molecule has 69 heavy (non-hydrogen) atoms. The molecule has 0 N–H and O–H groups in total. The number of pyridine rings is 1. The molecule has 2 aromatic heterocycles. The standard InChI is InChI=1S/C66H45N3/c1-7-23-46(24-8-1)47-39-41-53(42-40-47)68(54-43-44-56-55-35-21-22-38-59(55)66(60(56)45-54,51-31-15-5-16-32-51)52-33-17-6-18-34-52)65-58-37-20-19-36-57(58)64-61(48-25-9-2-10-26-48)62(49-27-11-3-12-28-49)67-69(64)63(65)50-29-13-4-14-30-50/h1-45H. The minimum atomic E-state index is -0.585. The van der Waals surface area contributed by atoms with Crippen LogP contribution in [0.1, 0.15) is 22.3 Å². The Labute approximate surface area is 402 Å². The lowest BCUT2D eigenvalue weighted by atomic mass is 9.67. The van der Waals surface area contributed by atoms with E-state index in [2.05, 4.69) is 282 Å². The molecule has 0 bridgehead atoms. The van der Waals surface area contributed by atoms with E-state index >= 15 is 0 Å². The van der Waals surface area contributed by atoms with Crippen LogP contribution in [0, 0.1) is 0 Å². The number of aromatic nitrogens is 2. The van der Waals surface area contributed by atoms with Gasteiger partial charge in [-0.15, -0.1) is 0 Å². The lowest BCUT2D eigenvalue weighted by Gasteiger charge is -2.35. The number of nitrogens with zero attached hydrogens (tertiary/aromatic N) is 3.